The van der Waals surface area contributed by atoms with E-state index in [1.807, 2.05) is 0 Å². The number of alkyl halides is 6. The number of halogens is 6. The molecule has 0 fully saturated rings. The van der Waals surface area contributed by atoms with Gasteiger partial charge in [0.05, 0.1) is 29.2 Å². The van der Waals surface area contributed by atoms with Crippen LogP contribution in [0.4, 0.5) is 32.0 Å². The van der Waals surface area contributed by atoms with Crippen LogP contribution >= 0.6 is 0 Å². The SMILES string of the molecule is O=C(N/N=C\c1ccccc1C(F)(F)F)c1cccc(N/N=C\c2ccccc2C(F)(F)F)c1. The summed E-state index contributed by atoms with van der Waals surface area (Å²) in [5, 5.41) is 7.35. The fourth-order valence-corrected chi connectivity index (χ4v) is 2.87. The molecule has 0 aliphatic rings. The van der Waals surface area contributed by atoms with Crippen LogP contribution in [-0.4, -0.2) is 18.3 Å². The van der Waals surface area contributed by atoms with E-state index >= 15 is 0 Å². The van der Waals surface area contributed by atoms with Crippen molar-refractivity contribution in [3.05, 3.63) is 101 Å². The number of hydrogen-bond donors (Lipinski definition) is 2. The van der Waals surface area contributed by atoms with Gasteiger partial charge in [0.15, 0.2) is 0 Å². The molecule has 0 spiro atoms. The van der Waals surface area contributed by atoms with Crippen molar-refractivity contribution in [2.24, 2.45) is 10.2 Å². The minimum absolute atomic E-state index is 0.0946. The molecular weight excluding hydrogens is 462 g/mol. The average molecular weight is 478 g/mol. The van der Waals surface area contributed by atoms with Crippen LogP contribution in [-0.2, 0) is 12.4 Å². The number of benzene rings is 3. The van der Waals surface area contributed by atoms with Gasteiger partial charge in [-0.15, -0.1) is 0 Å². The van der Waals surface area contributed by atoms with Crippen LogP contribution in [0.3, 0.4) is 0 Å². The number of rotatable bonds is 6. The van der Waals surface area contributed by atoms with E-state index in [9.17, 15) is 31.1 Å². The van der Waals surface area contributed by atoms with Gasteiger partial charge in [0.1, 0.15) is 0 Å². The van der Waals surface area contributed by atoms with E-state index in [0.29, 0.717) is 5.69 Å². The van der Waals surface area contributed by atoms with Gasteiger partial charge < -0.3 is 0 Å². The Bertz CT molecular complexity index is 1220. The Morgan fingerprint density at radius 1 is 0.706 bits per heavy atom. The average Bonchev–Trinajstić information content (AvgIpc) is 2.78. The Labute approximate surface area is 189 Å². The van der Waals surface area contributed by atoms with Crippen LogP contribution in [0.1, 0.15) is 32.6 Å². The summed E-state index contributed by atoms with van der Waals surface area (Å²) in [6.07, 6.45) is -7.24. The normalized spacial score (nSPS) is 12.3. The summed E-state index contributed by atoms with van der Waals surface area (Å²) in [6, 6.07) is 15.4. The number of nitrogens with zero attached hydrogens (tertiary/aromatic N) is 2. The molecular formula is C23H16F6N4O. The van der Waals surface area contributed by atoms with Crippen molar-refractivity contribution in [3.8, 4) is 0 Å². The number of carbonyl (C=O) groups excluding carboxylic acids is 1. The first-order valence-electron chi connectivity index (χ1n) is 9.61. The van der Waals surface area contributed by atoms with Crippen LogP contribution in [0.15, 0.2) is 83.0 Å². The quantitative estimate of drug-likeness (QED) is 0.262. The highest BCUT2D eigenvalue weighted by atomic mass is 19.4. The predicted octanol–water partition coefficient (Wildman–Crippen LogP) is 5.93. The van der Waals surface area contributed by atoms with Crippen molar-refractivity contribution in [2.75, 3.05) is 5.43 Å². The van der Waals surface area contributed by atoms with E-state index in [1.165, 1.54) is 60.7 Å². The summed E-state index contributed by atoms with van der Waals surface area (Å²) >= 11 is 0. The van der Waals surface area contributed by atoms with Crippen LogP contribution in [0, 0.1) is 0 Å². The van der Waals surface area contributed by atoms with Gasteiger partial charge in [-0.25, -0.2) is 5.43 Å². The molecule has 0 saturated carbocycles. The first kappa shape index (κ1) is 24.5. The molecule has 3 aromatic rings. The van der Waals surface area contributed by atoms with Crippen molar-refractivity contribution in [3.63, 3.8) is 0 Å². The first-order chi connectivity index (χ1) is 16.1. The molecule has 0 heterocycles. The molecule has 0 aromatic heterocycles. The van der Waals surface area contributed by atoms with Crippen LogP contribution in [0.25, 0.3) is 0 Å². The predicted molar refractivity (Wildman–Crippen MR) is 116 cm³/mol. The third kappa shape index (κ3) is 6.44. The lowest BCUT2D eigenvalue weighted by Gasteiger charge is -2.09. The number of hydrogen-bond acceptors (Lipinski definition) is 4. The maximum Gasteiger partial charge on any atom is 0.417 e. The number of hydrazone groups is 2. The number of nitrogens with one attached hydrogen (secondary N) is 2. The molecule has 34 heavy (non-hydrogen) atoms. The standard InChI is InChI=1S/C23H16F6N4O/c24-22(25,26)19-10-3-1-6-16(19)13-30-32-18-9-5-8-15(12-18)21(34)33-31-14-17-7-2-4-11-20(17)23(27,28)29/h1-14,32H,(H,33,34)/b30-13-,31-14-. The topological polar surface area (TPSA) is 65.8 Å². The number of anilines is 1. The summed E-state index contributed by atoms with van der Waals surface area (Å²) in [6.45, 7) is 0. The Morgan fingerprint density at radius 3 is 1.79 bits per heavy atom. The van der Waals surface area contributed by atoms with Gasteiger partial charge in [-0.3, -0.25) is 10.2 Å². The highest BCUT2D eigenvalue weighted by Gasteiger charge is 2.33. The Morgan fingerprint density at radius 2 is 1.24 bits per heavy atom. The number of amides is 1. The van der Waals surface area contributed by atoms with Gasteiger partial charge in [0.2, 0.25) is 0 Å². The van der Waals surface area contributed by atoms with E-state index in [-0.39, 0.29) is 16.7 Å². The van der Waals surface area contributed by atoms with Crippen molar-refractivity contribution >= 4 is 24.0 Å². The fourth-order valence-electron chi connectivity index (χ4n) is 2.87. The van der Waals surface area contributed by atoms with Crippen LogP contribution < -0.4 is 10.9 Å². The lowest BCUT2D eigenvalue weighted by Crippen LogP contribution is -2.18. The molecule has 0 unspecified atom stereocenters. The van der Waals surface area contributed by atoms with Gasteiger partial charge in [-0.05, 0) is 30.3 Å². The third-order valence-corrected chi connectivity index (χ3v) is 4.42. The zero-order chi connectivity index (χ0) is 24.8. The molecule has 0 aliphatic heterocycles. The van der Waals surface area contributed by atoms with E-state index in [2.05, 4.69) is 21.1 Å². The summed E-state index contributed by atoms with van der Waals surface area (Å²) in [4.78, 5) is 12.3. The molecule has 0 aliphatic carbocycles. The van der Waals surface area contributed by atoms with Gasteiger partial charge in [-0.2, -0.15) is 36.5 Å². The van der Waals surface area contributed by atoms with Crippen molar-refractivity contribution in [1.82, 2.24) is 5.43 Å². The summed E-state index contributed by atoms with van der Waals surface area (Å²) in [5.74, 6) is -0.712. The van der Waals surface area contributed by atoms with Crippen molar-refractivity contribution < 1.29 is 31.1 Å². The molecule has 2 N–H and O–H groups in total. The molecule has 0 atom stereocenters. The Balaban J connectivity index is 1.67. The van der Waals surface area contributed by atoms with E-state index in [1.54, 1.807) is 0 Å². The zero-order valence-electron chi connectivity index (χ0n) is 17.2. The van der Waals surface area contributed by atoms with E-state index in [0.717, 1.165) is 24.6 Å². The molecule has 0 bridgehead atoms. The monoisotopic (exact) mass is 478 g/mol. The second kappa shape index (κ2) is 10.2. The molecule has 0 radical (unpaired) electrons. The maximum absolute atomic E-state index is 13.0. The highest BCUT2D eigenvalue weighted by molar-refractivity contribution is 5.96. The third-order valence-electron chi connectivity index (χ3n) is 4.42. The van der Waals surface area contributed by atoms with Gasteiger partial charge in [0.25, 0.3) is 5.91 Å². The minimum Gasteiger partial charge on any atom is -0.278 e. The Kier molecular flexibility index (Phi) is 7.34. The molecule has 3 rings (SSSR count). The summed E-state index contributed by atoms with van der Waals surface area (Å²) in [7, 11) is 0. The highest BCUT2D eigenvalue weighted by Crippen LogP contribution is 2.32. The van der Waals surface area contributed by atoms with Crippen molar-refractivity contribution in [2.45, 2.75) is 12.4 Å². The second-order valence-electron chi connectivity index (χ2n) is 6.82. The number of carbonyl (C=O) groups is 1. The second-order valence-corrected chi connectivity index (χ2v) is 6.82. The summed E-state index contributed by atoms with van der Waals surface area (Å²) in [5.41, 5.74) is 2.93. The molecule has 5 nitrogen and oxygen atoms in total. The maximum atomic E-state index is 13.0. The molecule has 3 aromatic carbocycles. The minimum atomic E-state index is -4.58. The van der Waals surface area contributed by atoms with E-state index in [4.69, 9.17) is 0 Å². The zero-order valence-corrected chi connectivity index (χ0v) is 17.2. The molecule has 11 heteroatoms. The fraction of sp³-hybridized carbons (Fsp3) is 0.0870. The van der Waals surface area contributed by atoms with Gasteiger partial charge in [0, 0.05) is 16.7 Å². The largest absolute Gasteiger partial charge is 0.417 e. The van der Waals surface area contributed by atoms with E-state index < -0.39 is 29.4 Å². The smallest absolute Gasteiger partial charge is 0.278 e. The molecule has 0 saturated heterocycles. The molecule has 1 amide bonds. The van der Waals surface area contributed by atoms with Gasteiger partial charge >= 0.3 is 12.4 Å². The lowest BCUT2D eigenvalue weighted by molar-refractivity contribution is -0.138. The van der Waals surface area contributed by atoms with Crippen molar-refractivity contribution in [1.29, 1.82) is 0 Å². The van der Waals surface area contributed by atoms with Gasteiger partial charge in [-0.1, -0.05) is 42.5 Å². The first-order valence-corrected chi connectivity index (χ1v) is 9.61. The Hall–Kier alpha value is -4.15. The van der Waals surface area contributed by atoms with Crippen LogP contribution in [0.2, 0.25) is 0 Å². The van der Waals surface area contributed by atoms with Crippen LogP contribution in [0.5, 0.6) is 0 Å². The molecule has 176 valence electrons. The lowest BCUT2D eigenvalue weighted by atomic mass is 10.1. The summed E-state index contributed by atoms with van der Waals surface area (Å²) < 4.78 is 78.1.